The van der Waals surface area contributed by atoms with E-state index in [2.05, 4.69) is 35.3 Å². The standard InChI is InChI=1S/C34H21ClF8O/c1-2-3-4-5-20-6-8-21(9-7-20)10-11-22-14-27(36)25(28(37)15-22)13-12-23-16-29(38)32(30(39)17-23)34(42,43)44-24-18-26(35)33(41)31(40)19-24/h6-9,14-19H,2-5H2,1H3. The average Bonchev–Trinajstić information content (AvgIpc) is 2.94. The summed E-state index contributed by atoms with van der Waals surface area (Å²) < 4.78 is 119. The van der Waals surface area contributed by atoms with Crippen molar-refractivity contribution in [3.8, 4) is 29.4 Å². The Bertz CT molecular complexity index is 1740. The topological polar surface area (TPSA) is 9.23 Å². The van der Waals surface area contributed by atoms with Crippen LogP contribution in [0.2, 0.25) is 5.02 Å². The molecule has 0 aliphatic carbocycles. The van der Waals surface area contributed by atoms with Gasteiger partial charge in [-0.05, 0) is 54.8 Å². The lowest BCUT2D eigenvalue weighted by Gasteiger charge is -2.19. The summed E-state index contributed by atoms with van der Waals surface area (Å²) in [4.78, 5) is 0. The van der Waals surface area contributed by atoms with Gasteiger partial charge in [0.2, 0.25) is 0 Å². The van der Waals surface area contributed by atoms with E-state index in [0.29, 0.717) is 23.8 Å². The molecule has 0 bridgehead atoms. The maximum atomic E-state index is 14.7. The maximum Gasteiger partial charge on any atom is 0.432 e. The Balaban J connectivity index is 1.52. The minimum absolute atomic E-state index is 0.0172. The summed E-state index contributed by atoms with van der Waals surface area (Å²) in [6.07, 6.45) is -0.424. The number of unbranched alkanes of at least 4 members (excludes halogenated alkanes) is 2. The van der Waals surface area contributed by atoms with Crippen molar-refractivity contribution in [1.82, 2.24) is 0 Å². The normalized spacial score (nSPS) is 11.0. The highest BCUT2D eigenvalue weighted by Crippen LogP contribution is 2.37. The molecule has 0 aliphatic heterocycles. The second kappa shape index (κ2) is 13.9. The highest BCUT2D eigenvalue weighted by Gasteiger charge is 2.41. The number of alkyl halides is 2. The van der Waals surface area contributed by atoms with E-state index < -0.39 is 68.5 Å². The van der Waals surface area contributed by atoms with Crippen LogP contribution in [0.5, 0.6) is 5.75 Å². The van der Waals surface area contributed by atoms with Crippen molar-refractivity contribution in [1.29, 1.82) is 0 Å². The summed E-state index contributed by atoms with van der Waals surface area (Å²) in [6.45, 7) is 2.12. The Hall–Kier alpha value is -4.47. The fourth-order valence-electron chi connectivity index (χ4n) is 4.09. The summed E-state index contributed by atoms with van der Waals surface area (Å²) in [5.41, 5.74) is -1.31. The Labute approximate surface area is 253 Å². The van der Waals surface area contributed by atoms with Gasteiger partial charge in [0.1, 0.15) is 34.6 Å². The average molecular weight is 633 g/mol. The van der Waals surface area contributed by atoms with Crippen LogP contribution < -0.4 is 4.74 Å². The molecule has 0 aliphatic rings. The van der Waals surface area contributed by atoms with Crippen molar-refractivity contribution in [3.05, 3.63) is 134 Å². The van der Waals surface area contributed by atoms with Crippen LogP contribution in [-0.2, 0) is 12.5 Å². The first-order chi connectivity index (χ1) is 20.9. The minimum Gasteiger partial charge on any atom is -0.429 e. The van der Waals surface area contributed by atoms with Crippen molar-refractivity contribution in [2.24, 2.45) is 0 Å². The van der Waals surface area contributed by atoms with E-state index >= 15 is 0 Å². The van der Waals surface area contributed by atoms with Gasteiger partial charge in [0.25, 0.3) is 0 Å². The Morgan fingerprint density at radius 3 is 1.77 bits per heavy atom. The van der Waals surface area contributed by atoms with Gasteiger partial charge in [-0.2, -0.15) is 8.78 Å². The molecule has 0 heterocycles. The van der Waals surface area contributed by atoms with Gasteiger partial charge in [-0.15, -0.1) is 0 Å². The molecule has 0 spiro atoms. The first kappa shape index (κ1) is 32.4. The first-order valence-electron chi connectivity index (χ1n) is 13.2. The van der Waals surface area contributed by atoms with Crippen molar-refractivity contribution in [2.45, 2.75) is 38.7 Å². The molecule has 0 saturated carbocycles. The molecule has 44 heavy (non-hydrogen) atoms. The second-order valence-electron chi connectivity index (χ2n) is 9.60. The lowest BCUT2D eigenvalue weighted by atomic mass is 10.0. The summed E-state index contributed by atoms with van der Waals surface area (Å²) in [5, 5.41) is -0.898. The number of aryl methyl sites for hydroxylation is 1. The van der Waals surface area contributed by atoms with E-state index in [1.807, 2.05) is 24.3 Å². The zero-order valence-corrected chi connectivity index (χ0v) is 23.7. The Kier molecular flexibility index (Phi) is 10.2. The molecular formula is C34H21ClF8O. The van der Waals surface area contributed by atoms with E-state index in [0.717, 1.165) is 43.4 Å². The van der Waals surface area contributed by atoms with Crippen LogP contribution in [0.4, 0.5) is 35.1 Å². The van der Waals surface area contributed by atoms with Gasteiger partial charge >= 0.3 is 6.11 Å². The predicted octanol–water partition coefficient (Wildman–Crippen LogP) is 9.84. The number of halogens is 9. The molecule has 10 heteroatoms. The molecule has 0 amide bonds. The highest BCUT2D eigenvalue weighted by molar-refractivity contribution is 6.30. The smallest absolute Gasteiger partial charge is 0.429 e. The van der Waals surface area contributed by atoms with E-state index in [1.54, 1.807) is 0 Å². The zero-order valence-electron chi connectivity index (χ0n) is 22.9. The van der Waals surface area contributed by atoms with Crippen molar-refractivity contribution in [3.63, 3.8) is 0 Å². The van der Waals surface area contributed by atoms with Crippen LogP contribution in [-0.4, -0.2) is 0 Å². The monoisotopic (exact) mass is 632 g/mol. The van der Waals surface area contributed by atoms with Crippen molar-refractivity contribution >= 4 is 11.6 Å². The summed E-state index contributed by atoms with van der Waals surface area (Å²) in [7, 11) is 0. The first-order valence-corrected chi connectivity index (χ1v) is 13.6. The molecule has 0 saturated heterocycles. The van der Waals surface area contributed by atoms with Crippen molar-refractivity contribution < 1.29 is 39.9 Å². The number of benzene rings is 4. The van der Waals surface area contributed by atoms with Gasteiger partial charge in [-0.25, -0.2) is 26.3 Å². The summed E-state index contributed by atoms with van der Waals surface area (Å²) in [6, 6.07) is 10.9. The number of rotatable bonds is 7. The van der Waals surface area contributed by atoms with Gasteiger partial charge < -0.3 is 4.74 Å². The second-order valence-corrected chi connectivity index (χ2v) is 10.0. The molecule has 4 rings (SSSR count). The minimum atomic E-state index is -4.69. The number of hydrogen-bond donors (Lipinski definition) is 0. The molecule has 0 N–H and O–H groups in total. The molecule has 0 atom stereocenters. The molecule has 4 aromatic carbocycles. The van der Waals surface area contributed by atoms with Crippen molar-refractivity contribution in [2.75, 3.05) is 0 Å². The van der Waals surface area contributed by atoms with Gasteiger partial charge in [-0.1, -0.05) is 67.2 Å². The molecule has 0 aromatic heterocycles. The van der Waals surface area contributed by atoms with Gasteiger partial charge in [-0.3, -0.25) is 0 Å². The third-order valence-corrected chi connectivity index (χ3v) is 6.56. The van der Waals surface area contributed by atoms with Crippen LogP contribution >= 0.6 is 11.6 Å². The van der Waals surface area contributed by atoms with E-state index in [-0.39, 0.29) is 11.6 Å². The number of ether oxygens (including phenoxy) is 1. The lowest BCUT2D eigenvalue weighted by molar-refractivity contribution is -0.189. The third-order valence-electron chi connectivity index (χ3n) is 6.28. The van der Waals surface area contributed by atoms with Gasteiger partial charge in [0.15, 0.2) is 11.6 Å². The number of hydrogen-bond acceptors (Lipinski definition) is 1. The SMILES string of the molecule is CCCCCc1ccc(C#Cc2cc(F)c(C#Cc3cc(F)c(C(F)(F)Oc4cc(F)c(F)c(Cl)c4)c(F)c3)c(F)c2)cc1. The van der Waals surface area contributed by atoms with Crippen LogP contribution in [0, 0.1) is 58.6 Å². The molecule has 1 nitrogen and oxygen atoms in total. The molecule has 0 radical (unpaired) electrons. The fraction of sp³-hybridized carbons (Fsp3) is 0.176. The maximum absolute atomic E-state index is 14.7. The predicted molar refractivity (Wildman–Crippen MR) is 150 cm³/mol. The van der Waals surface area contributed by atoms with Crippen LogP contribution in [0.15, 0.2) is 60.7 Å². The van der Waals surface area contributed by atoms with Crippen LogP contribution in [0.1, 0.15) is 59.6 Å². The van der Waals surface area contributed by atoms with Crippen LogP contribution in [0.25, 0.3) is 0 Å². The Morgan fingerprint density at radius 2 is 1.20 bits per heavy atom. The zero-order chi connectivity index (χ0) is 32.0. The largest absolute Gasteiger partial charge is 0.432 e. The quantitative estimate of drug-likeness (QED) is 0.0853. The van der Waals surface area contributed by atoms with Gasteiger partial charge in [0.05, 0.1) is 10.6 Å². The molecule has 226 valence electrons. The summed E-state index contributed by atoms with van der Waals surface area (Å²) >= 11 is 5.39. The van der Waals surface area contributed by atoms with E-state index in [4.69, 9.17) is 11.6 Å². The Morgan fingerprint density at radius 1 is 0.659 bits per heavy atom. The molecule has 0 unspecified atom stereocenters. The third kappa shape index (κ3) is 7.92. The fourth-order valence-corrected chi connectivity index (χ4v) is 4.29. The van der Waals surface area contributed by atoms with Crippen LogP contribution in [0.3, 0.4) is 0 Å². The molecule has 4 aromatic rings. The molecule has 0 fully saturated rings. The molecular weight excluding hydrogens is 612 g/mol. The highest BCUT2D eigenvalue weighted by atomic mass is 35.5. The lowest BCUT2D eigenvalue weighted by Crippen LogP contribution is -2.25. The van der Waals surface area contributed by atoms with E-state index in [1.165, 1.54) is 0 Å². The summed E-state index contributed by atoms with van der Waals surface area (Å²) in [5.74, 6) is -0.283. The van der Waals surface area contributed by atoms with E-state index in [9.17, 15) is 35.1 Å². The van der Waals surface area contributed by atoms with Gasteiger partial charge in [0, 0.05) is 28.8 Å².